The van der Waals surface area contributed by atoms with E-state index in [-0.39, 0.29) is 5.41 Å². The number of anilines is 3. The second kappa shape index (κ2) is 13.6. The number of rotatable bonds is 7. The van der Waals surface area contributed by atoms with E-state index in [1.165, 1.54) is 55.6 Å². The highest BCUT2D eigenvalue weighted by atomic mass is 16.5. The molecule has 1 aliphatic heterocycles. The Hall–Kier alpha value is -7.42. The molecule has 286 valence electrons. The van der Waals surface area contributed by atoms with Crippen LogP contribution in [0.25, 0.3) is 44.5 Å². The van der Waals surface area contributed by atoms with E-state index in [4.69, 9.17) is 4.74 Å². The molecule has 1 spiro atoms. The predicted octanol–water partition coefficient (Wildman–Crippen LogP) is 15.1. The number of para-hydroxylation sites is 1. The van der Waals surface area contributed by atoms with Gasteiger partial charge >= 0.3 is 0 Å². The van der Waals surface area contributed by atoms with E-state index in [0.717, 1.165) is 50.8 Å². The minimum Gasteiger partial charge on any atom is -0.457 e. The second-order valence-corrected chi connectivity index (χ2v) is 16.5. The molecule has 0 radical (unpaired) electrons. The van der Waals surface area contributed by atoms with Gasteiger partial charge in [0.2, 0.25) is 0 Å². The van der Waals surface area contributed by atoms with E-state index >= 15 is 0 Å². The molecule has 8 aromatic rings. The van der Waals surface area contributed by atoms with E-state index in [1.807, 2.05) is 12.2 Å². The third kappa shape index (κ3) is 5.07. The standard InChI is InChI=1S/C58H43NO/c1-5-48-55(6-2)60-56-35-30-40(36-53(56)58(48)50-25-15-11-22-45(50)46-23-12-16-26-51(46)58)38-28-31-41(32-29-38)59(54-27-17-13-20-43(54)39-18-8-7-9-19-39)42-33-34-47-44-21-10-14-24-49(44)57(3,4)52(47)37-42/h5-37H,1-2H2,3-4H3. The first-order valence-electron chi connectivity index (χ1n) is 20.7. The van der Waals surface area contributed by atoms with Crippen LogP contribution in [0.4, 0.5) is 17.1 Å². The fourth-order valence-electron chi connectivity index (χ4n) is 10.4. The van der Waals surface area contributed by atoms with Crippen molar-refractivity contribution in [1.82, 2.24) is 0 Å². The molecule has 0 saturated heterocycles. The number of ether oxygens (including phenoxy) is 1. The van der Waals surface area contributed by atoms with Crippen molar-refractivity contribution in [3.8, 4) is 50.3 Å². The fourth-order valence-corrected chi connectivity index (χ4v) is 10.4. The van der Waals surface area contributed by atoms with Crippen molar-refractivity contribution >= 4 is 17.1 Å². The van der Waals surface area contributed by atoms with Crippen LogP contribution >= 0.6 is 0 Å². The first-order valence-corrected chi connectivity index (χ1v) is 20.7. The van der Waals surface area contributed by atoms with Crippen LogP contribution in [0.5, 0.6) is 5.75 Å². The molecule has 0 unspecified atom stereocenters. The fraction of sp³-hybridized carbons (Fsp3) is 0.0690. The van der Waals surface area contributed by atoms with Crippen LogP contribution in [0.2, 0.25) is 0 Å². The molecule has 2 nitrogen and oxygen atoms in total. The Kier molecular flexibility index (Phi) is 8.08. The summed E-state index contributed by atoms with van der Waals surface area (Å²) in [6.07, 6.45) is 3.78. The highest BCUT2D eigenvalue weighted by Crippen LogP contribution is 2.61. The molecule has 3 aliphatic rings. The van der Waals surface area contributed by atoms with E-state index in [0.29, 0.717) is 0 Å². The highest BCUT2D eigenvalue weighted by molar-refractivity contribution is 5.92. The van der Waals surface area contributed by atoms with Gasteiger partial charge in [0.1, 0.15) is 11.5 Å². The van der Waals surface area contributed by atoms with Gasteiger partial charge in [0, 0.05) is 33.5 Å². The Morgan fingerprint density at radius 1 is 0.433 bits per heavy atom. The number of benzene rings is 8. The summed E-state index contributed by atoms with van der Waals surface area (Å²) in [5.41, 5.74) is 19.5. The van der Waals surface area contributed by atoms with E-state index in [2.05, 4.69) is 220 Å². The first kappa shape index (κ1) is 35.7. The zero-order chi connectivity index (χ0) is 40.6. The first-order chi connectivity index (χ1) is 29.4. The predicted molar refractivity (Wildman–Crippen MR) is 249 cm³/mol. The molecule has 0 saturated carbocycles. The van der Waals surface area contributed by atoms with Crippen LogP contribution in [-0.2, 0) is 10.8 Å². The van der Waals surface area contributed by atoms with Crippen LogP contribution in [0.3, 0.4) is 0 Å². The molecule has 0 fully saturated rings. The molecule has 8 aromatic carbocycles. The van der Waals surface area contributed by atoms with Gasteiger partial charge in [0.25, 0.3) is 0 Å². The molecular formula is C58H43NO. The van der Waals surface area contributed by atoms with Crippen LogP contribution in [0, 0.1) is 0 Å². The maximum absolute atomic E-state index is 6.64. The molecule has 0 bridgehead atoms. The molecule has 0 N–H and O–H groups in total. The molecule has 11 rings (SSSR count). The van der Waals surface area contributed by atoms with Gasteiger partial charge in [0.15, 0.2) is 0 Å². The molecule has 2 aliphatic carbocycles. The lowest BCUT2D eigenvalue weighted by molar-refractivity contribution is 0.403. The van der Waals surface area contributed by atoms with Gasteiger partial charge in [-0.1, -0.05) is 179 Å². The largest absolute Gasteiger partial charge is 0.457 e. The van der Waals surface area contributed by atoms with E-state index < -0.39 is 5.41 Å². The monoisotopic (exact) mass is 769 g/mol. The zero-order valence-electron chi connectivity index (χ0n) is 33.8. The van der Waals surface area contributed by atoms with Crippen LogP contribution < -0.4 is 9.64 Å². The lowest BCUT2D eigenvalue weighted by Crippen LogP contribution is -2.34. The van der Waals surface area contributed by atoms with Crippen molar-refractivity contribution in [3.05, 3.63) is 253 Å². The lowest BCUT2D eigenvalue weighted by Gasteiger charge is -2.40. The third-order valence-corrected chi connectivity index (χ3v) is 13.1. The molecule has 0 amide bonds. The van der Waals surface area contributed by atoms with Crippen molar-refractivity contribution in [2.75, 3.05) is 4.90 Å². The van der Waals surface area contributed by atoms with Crippen molar-refractivity contribution < 1.29 is 4.74 Å². The van der Waals surface area contributed by atoms with Crippen LogP contribution in [0.15, 0.2) is 225 Å². The van der Waals surface area contributed by atoms with Crippen molar-refractivity contribution in [1.29, 1.82) is 0 Å². The average Bonchev–Trinajstić information content (AvgIpc) is 3.72. The maximum atomic E-state index is 6.64. The molecule has 60 heavy (non-hydrogen) atoms. The number of hydrogen-bond donors (Lipinski definition) is 0. The SMILES string of the molecule is C=CC1=C(C=C)C2(c3cc(-c4ccc(N(c5ccc6c(c5)C(C)(C)c5ccccc5-6)c5ccccc5-c5ccccc5)cc4)ccc3O1)c1ccccc1-c1ccccc12. The molecular weight excluding hydrogens is 727 g/mol. The maximum Gasteiger partial charge on any atom is 0.132 e. The second-order valence-electron chi connectivity index (χ2n) is 16.5. The summed E-state index contributed by atoms with van der Waals surface area (Å²) in [5, 5.41) is 0. The van der Waals surface area contributed by atoms with Crippen molar-refractivity contribution in [3.63, 3.8) is 0 Å². The van der Waals surface area contributed by atoms with Gasteiger partial charge in [-0.3, -0.25) is 0 Å². The minimum absolute atomic E-state index is 0.128. The van der Waals surface area contributed by atoms with Gasteiger partial charge in [-0.15, -0.1) is 0 Å². The summed E-state index contributed by atoms with van der Waals surface area (Å²) in [5.74, 6) is 1.56. The van der Waals surface area contributed by atoms with E-state index in [9.17, 15) is 0 Å². The van der Waals surface area contributed by atoms with Gasteiger partial charge in [-0.25, -0.2) is 0 Å². The summed E-state index contributed by atoms with van der Waals surface area (Å²) in [6.45, 7) is 13.2. The summed E-state index contributed by atoms with van der Waals surface area (Å²) in [7, 11) is 0. The number of fused-ring (bicyclic) bond motifs is 10. The normalized spacial score (nSPS) is 14.6. The van der Waals surface area contributed by atoms with Crippen LogP contribution in [0.1, 0.15) is 41.7 Å². The lowest BCUT2D eigenvalue weighted by atomic mass is 9.65. The van der Waals surface area contributed by atoms with Gasteiger partial charge in [-0.2, -0.15) is 0 Å². The molecule has 2 heteroatoms. The quantitative estimate of drug-likeness (QED) is 0.160. The highest BCUT2D eigenvalue weighted by Gasteiger charge is 2.51. The Bertz CT molecular complexity index is 3030. The average molecular weight is 770 g/mol. The number of hydrogen-bond acceptors (Lipinski definition) is 2. The van der Waals surface area contributed by atoms with Crippen molar-refractivity contribution in [2.24, 2.45) is 0 Å². The summed E-state index contributed by atoms with van der Waals surface area (Å²) in [4.78, 5) is 2.42. The molecule has 0 atom stereocenters. The van der Waals surface area contributed by atoms with E-state index in [1.54, 1.807) is 0 Å². The third-order valence-electron chi connectivity index (χ3n) is 13.1. The number of allylic oxidation sites excluding steroid dienone is 3. The zero-order valence-corrected chi connectivity index (χ0v) is 33.8. The Morgan fingerprint density at radius 3 is 1.65 bits per heavy atom. The number of nitrogens with zero attached hydrogens (tertiary/aromatic N) is 1. The van der Waals surface area contributed by atoms with Gasteiger partial charge < -0.3 is 9.64 Å². The Balaban J connectivity index is 1.07. The topological polar surface area (TPSA) is 12.5 Å². The Morgan fingerprint density at radius 2 is 0.983 bits per heavy atom. The molecule has 0 aromatic heterocycles. The molecule has 1 heterocycles. The van der Waals surface area contributed by atoms with Crippen LogP contribution in [-0.4, -0.2) is 0 Å². The minimum atomic E-state index is -0.610. The van der Waals surface area contributed by atoms with Gasteiger partial charge in [0.05, 0.1) is 11.1 Å². The smallest absolute Gasteiger partial charge is 0.132 e. The van der Waals surface area contributed by atoms with Crippen molar-refractivity contribution in [2.45, 2.75) is 24.7 Å². The summed E-state index contributed by atoms with van der Waals surface area (Å²) < 4.78 is 6.64. The van der Waals surface area contributed by atoms with Gasteiger partial charge in [-0.05, 0) is 110 Å². The summed E-state index contributed by atoms with van der Waals surface area (Å²) in [6, 6.07) is 68.5. The summed E-state index contributed by atoms with van der Waals surface area (Å²) >= 11 is 0. The Labute approximate surface area is 352 Å².